The highest BCUT2D eigenvalue weighted by Crippen LogP contribution is 2.47. The van der Waals surface area contributed by atoms with E-state index < -0.39 is 0 Å². The molecule has 4 aliphatic heterocycles. The van der Waals surface area contributed by atoms with Crippen molar-refractivity contribution in [1.82, 2.24) is 24.7 Å². The first-order chi connectivity index (χ1) is 34.0. The molecule has 16 nitrogen and oxygen atoms in total. The van der Waals surface area contributed by atoms with Crippen LogP contribution in [0.2, 0.25) is 10.0 Å². The van der Waals surface area contributed by atoms with Gasteiger partial charge in [0.1, 0.15) is 21.5 Å². The molecule has 5 heterocycles. The zero-order valence-corrected chi connectivity index (χ0v) is 46.9. The Morgan fingerprint density at radius 2 is 1.05 bits per heavy atom. The van der Waals surface area contributed by atoms with Crippen molar-refractivity contribution in [3.8, 4) is 11.5 Å². The summed E-state index contributed by atoms with van der Waals surface area (Å²) >= 11 is 13.3. The summed E-state index contributed by atoms with van der Waals surface area (Å²) in [5.74, 6) is 1.73. The molecule has 7 N–H and O–H groups in total. The number of rotatable bonds is 12. The monoisotopic (exact) mass is 1170 g/mol. The van der Waals surface area contributed by atoms with E-state index in [-0.39, 0.29) is 49.8 Å². The molecular formula is C53H77Cl3IN14O2-. The number of aromatic nitrogens is 2. The molecular weight excluding hydrogens is 1100 g/mol. The Morgan fingerprint density at radius 3 is 1.47 bits per heavy atom. The number of fused-ring (bicyclic) bond motifs is 1. The fraction of sp³-hybridized carbons (Fsp3) is 0.453. The van der Waals surface area contributed by atoms with E-state index in [2.05, 4.69) is 119 Å². The third-order valence-corrected chi connectivity index (χ3v) is 14.2. The fourth-order valence-electron chi connectivity index (χ4n) is 9.14. The average molecular weight is 1180 g/mol. The molecule has 0 amide bonds. The zero-order chi connectivity index (χ0) is 49.6. The molecule has 1 aromatic heterocycles. The number of guanidine groups is 1. The molecule has 0 spiro atoms. The number of halogens is 4. The summed E-state index contributed by atoms with van der Waals surface area (Å²) in [4.78, 5) is 30.2. The lowest BCUT2D eigenvalue weighted by Gasteiger charge is -2.35. The predicted molar refractivity (Wildman–Crippen MR) is 306 cm³/mol. The third-order valence-electron chi connectivity index (χ3n) is 13.5. The van der Waals surface area contributed by atoms with Gasteiger partial charge in [-0.3, -0.25) is 0 Å². The van der Waals surface area contributed by atoms with E-state index in [0.717, 1.165) is 120 Å². The second-order valence-corrected chi connectivity index (χ2v) is 18.4. The third kappa shape index (κ3) is 16.6. The Morgan fingerprint density at radius 1 is 0.630 bits per heavy atom. The van der Waals surface area contributed by atoms with Crippen molar-refractivity contribution in [2.24, 2.45) is 16.5 Å². The average Bonchev–Trinajstić information content (AvgIpc) is 3.40. The minimum Gasteiger partial charge on any atom is -1.00 e. The summed E-state index contributed by atoms with van der Waals surface area (Å²) in [5, 5.41) is 4.28. The largest absolute Gasteiger partial charge is 1.00 e. The van der Waals surface area contributed by atoms with Crippen molar-refractivity contribution in [2.45, 2.75) is 41.2 Å². The Balaban J connectivity index is 0.000000268. The van der Waals surface area contributed by atoms with Gasteiger partial charge in [-0.25, -0.2) is 15.0 Å². The molecule has 4 aliphatic rings. The number of nitrogens with one attached hydrogen (secondary N) is 1. The molecule has 20 heteroatoms. The topological polar surface area (TPSA) is 169 Å². The van der Waals surface area contributed by atoms with Crippen LogP contribution in [0.25, 0.3) is 0 Å². The molecule has 0 radical (unpaired) electrons. The molecule has 0 aliphatic carbocycles. The zero-order valence-electron chi connectivity index (χ0n) is 42.4. The van der Waals surface area contributed by atoms with E-state index in [1.807, 2.05) is 30.5 Å². The number of piperazine rings is 3. The van der Waals surface area contributed by atoms with Crippen molar-refractivity contribution in [3.05, 3.63) is 106 Å². The van der Waals surface area contributed by atoms with E-state index in [4.69, 9.17) is 54.9 Å². The number of hydrogen-bond donors (Lipinski definition) is 4. The highest BCUT2D eigenvalue weighted by atomic mass is 127. The minimum atomic E-state index is 0. The minimum absolute atomic E-state index is 0. The van der Waals surface area contributed by atoms with Gasteiger partial charge in [0.05, 0.1) is 31.3 Å². The summed E-state index contributed by atoms with van der Waals surface area (Å²) in [5.41, 5.74) is 25.5. The van der Waals surface area contributed by atoms with Crippen LogP contribution in [0.3, 0.4) is 0 Å². The lowest BCUT2D eigenvalue weighted by molar-refractivity contribution is -0.0000157. The summed E-state index contributed by atoms with van der Waals surface area (Å²) < 4.78 is 10.9. The highest BCUT2D eigenvalue weighted by molar-refractivity contribution is 6.41. The van der Waals surface area contributed by atoms with Gasteiger partial charge in [-0.1, -0.05) is 51.4 Å². The standard InChI is InChI=1S/C27H32Cl2N6O2.C13H21N5.C12H19N3.CH4.ClH.HI/c1-4-33-11-13-34(14-12-33)20-7-5-19(6-8-20)31-27-30-16-18-17-35(10-9-21(18)32-27)26-24(28)22(36-2)15-23(37-3)25(26)29;1-2-17-7-9-18(10-8-17)12-5-3-11(4-6-12)16-13(14)15;1-2-14-7-9-15(10-8-14)12-5-3-11(13)4-6-12;;;/h5-8,15-16H,4,9-14,17H2,1-3H3,(H,30,31,32);3-6H,2,7-10H2,1H3,(H4,14,15,16);3-6H,2,7-10,13H2,1H3;1H4;2*1H/p-1. The fourth-order valence-corrected chi connectivity index (χ4v) is 9.88. The van der Waals surface area contributed by atoms with Gasteiger partial charge in [0.15, 0.2) is 5.96 Å². The number of methoxy groups -OCH3 is 2. The molecule has 400 valence electrons. The van der Waals surface area contributed by atoms with Crippen LogP contribution in [-0.4, -0.2) is 150 Å². The quantitative estimate of drug-likeness (QED) is 0.0538. The van der Waals surface area contributed by atoms with Crippen LogP contribution in [0.15, 0.2) is 90.1 Å². The van der Waals surface area contributed by atoms with Crippen molar-refractivity contribution in [3.63, 3.8) is 0 Å². The van der Waals surface area contributed by atoms with Crippen LogP contribution in [0.5, 0.6) is 11.5 Å². The Hall–Kier alpha value is -4.89. The number of hydrogen-bond acceptors (Lipinski definition) is 14. The number of nitrogens with zero attached hydrogens (tertiary/aromatic N) is 10. The van der Waals surface area contributed by atoms with Gasteiger partial charge < -0.3 is 90.3 Å². The van der Waals surface area contributed by atoms with Gasteiger partial charge >= 0.3 is 0 Å². The molecule has 4 aromatic carbocycles. The molecule has 3 fully saturated rings. The van der Waals surface area contributed by atoms with Crippen molar-refractivity contribution >= 4 is 87.3 Å². The van der Waals surface area contributed by atoms with Gasteiger partial charge in [-0.15, -0.1) is 12.4 Å². The van der Waals surface area contributed by atoms with Gasteiger partial charge in [0.25, 0.3) is 0 Å². The van der Waals surface area contributed by atoms with Crippen LogP contribution in [-0.2, 0) is 13.0 Å². The second-order valence-electron chi connectivity index (χ2n) is 17.7. The van der Waals surface area contributed by atoms with Gasteiger partial charge in [0.2, 0.25) is 5.95 Å². The molecule has 3 saturated heterocycles. The number of ether oxygens (including phenoxy) is 2. The molecule has 0 saturated carbocycles. The molecule has 0 bridgehead atoms. The Kier molecular flexibility index (Phi) is 24.8. The summed E-state index contributed by atoms with van der Waals surface area (Å²) in [7, 11) is 3.15. The predicted octanol–water partition coefficient (Wildman–Crippen LogP) is 5.45. The lowest BCUT2D eigenvalue weighted by Crippen LogP contribution is -3.00. The Bertz CT molecular complexity index is 2420. The van der Waals surface area contributed by atoms with Crippen LogP contribution in [0, 0.1) is 0 Å². The van der Waals surface area contributed by atoms with Crippen molar-refractivity contribution < 1.29 is 33.5 Å². The number of aliphatic imine (C=N–C) groups is 1. The summed E-state index contributed by atoms with van der Waals surface area (Å²) in [6.45, 7) is 24.7. The van der Waals surface area contributed by atoms with E-state index in [1.165, 1.54) is 30.2 Å². The molecule has 9 rings (SSSR count). The lowest BCUT2D eigenvalue weighted by atomic mass is 10.1. The number of nitrogens with two attached hydrogens (primary N) is 3. The smallest absolute Gasteiger partial charge is 0.227 e. The first-order valence-electron chi connectivity index (χ1n) is 24.5. The van der Waals surface area contributed by atoms with E-state index >= 15 is 0 Å². The molecule has 73 heavy (non-hydrogen) atoms. The normalized spacial score (nSPS) is 15.9. The van der Waals surface area contributed by atoms with E-state index in [1.54, 1.807) is 20.3 Å². The second kappa shape index (κ2) is 29.9. The number of anilines is 7. The highest BCUT2D eigenvalue weighted by Gasteiger charge is 2.27. The van der Waals surface area contributed by atoms with Crippen LogP contribution in [0.4, 0.5) is 45.8 Å². The van der Waals surface area contributed by atoms with Gasteiger partial charge in [-0.2, -0.15) is 0 Å². The van der Waals surface area contributed by atoms with Crippen LogP contribution < -0.4 is 75.6 Å². The Labute approximate surface area is 467 Å². The molecule has 0 atom stereocenters. The number of nitrogen functional groups attached to an aromatic ring is 1. The van der Waals surface area contributed by atoms with Crippen molar-refractivity contribution in [1.29, 1.82) is 0 Å². The van der Waals surface area contributed by atoms with Gasteiger partial charge in [0, 0.05) is 144 Å². The summed E-state index contributed by atoms with van der Waals surface area (Å²) in [6, 6.07) is 26.4. The van der Waals surface area contributed by atoms with Crippen molar-refractivity contribution in [2.75, 3.05) is 150 Å². The number of likely N-dealkylation sites (N-methyl/N-ethyl adjacent to an activating group) is 3. The maximum Gasteiger partial charge on any atom is 0.227 e. The molecule has 0 unspecified atom stereocenters. The van der Waals surface area contributed by atoms with Gasteiger partial charge in [-0.05, 0) is 92.4 Å². The molecule has 5 aromatic rings. The maximum absolute atomic E-state index is 6.64. The first-order valence-corrected chi connectivity index (χ1v) is 25.3. The van der Waals surface area contributed by atoms with E-state index in [0.29, 0.717) is 46.3 Å². The van der Waals surface area contributed by atoms with Crippen LogP contribution >= 0.6 is 35.6 Å². The maximum atomic E-state index is 6.64. The number of benzene rings is 4. The first kappa shape index (κ1) is 60.7. The SMILES string of the molecule is C.CCN1CCN(c2ccc(N)cc2)CC1.CCN1CCN(c2ccc(N=C(N)N)cc2)CC1.CCN1CCN(c2ccc(Nc3ncc4c(n3)CCN(c3c(Cl)c(OC)cc(OC)c3Cl)C4)cc2)CC1.Cl.[I-]. The van der Waals surface area contributed by atoms with Crippen LogP contribution in [0.1, 0.15) is 39.5 Å². The summed E-state index contributed by atoms with van der Waals surface area (Å²) in [6.07, 6.45) is 2.61. The van der Waals surface area contributed by atoms with E-state index in [9.17, 15) is 0 Å².